The second-order valence-corrected chi connectivity index (χ2v) is 5.94. The smallest absolute Gasteiger partial charge is 0.360 e. The minimum Gasteiger partial charge on any atom is -0.425 e. The molecule has 1 aliphatic rings. The van der Waals surface area contributed by atoms with Gasteiger partial charge in [-0.1, -0.05) is 31.5 Å². The summed E-state index contributed by atoms with van der Waals surface area (Å²) in [6.07, 6.45) is 1.08. The molecule has 0 radical (unpaired) electrons. The van der Waals surface area contributed by atoms with Crippen molar-refractivity contribution in [2.24, 2.45) is 11.8 Å². The molecule has 4 nitrogen and oxygen atoms in total. The molecule has 1 atom stereocenters. The summed E-state index contributed by atoms with van der Waals surface area (Å²) in [6.45, 7) is 5.80. The van der Waals surface area contributed by atoms with Gasteiger partial charge in [-0.25, -0.2) is 0 Å². The van der Waals surface area contributed by atoms with Crippen molar-refractivity contribution in [1.29, 1.82) is 0 Å². The Bertz CT molecular complexity index is 506. The summed E-state index contributed by atoms with van der Waals surface area (Å²) in [5, 5.41) is -0.0406. The fourth-order valence-corrected chi connectivity index (χ4v) is 1.84. The molecule has 0 saturated heterocycles. The normalized spacial score (nSPS) is 15.4. The van der Waals surface area contributed by atoms with Gasteiger partial charge in [-0.15, -0.1) is 0 Å². The van der Waals surface area contributed by atoms with E-state index in [4.69, 9.17) is 26.4 Å². The van der Waals surface area contributed by atoms with E-state index in [9.17, 15) is 4.79 Å². The predicted molar refractivity (Wildman–Crippen MR) is 82.9 cm³/mol. The molecular weight excluding hydrogens is 288 g/mol. The predicted octanol–water partition coefficient (Wildman–Crippen LogP) is 3.61. The number of hydrogen-bond acceptors (Lipinski definition) is 5. The second kappa shape index (κ2) is 6.89. The van der Waals surface area contributed by atoms with Crippen LogP contribution in [0.4, 0.5) is 0 Å². The molecule has 114 valence electrons. The SMILES string of the molecule is Cc1ccc(OC(=S)OC(OC(=O)C2CC2)C(C)C)cc1. The second-order valence-electron chi connectivity index (χ2n) is 5.61. The van der Waals surface area contributed by atoms with E-state index in [0.717, 1.165) is 18.4 Å². The monoisotopic (exact) mass is 308 g/mol. The number of thiocarbonyl (C=S) groups is 1. The lowest BCUT2D eigenvalue weighted by atomic mass is 10.2. The Balaban J connectivity index is 1.88. The van der Waals surface area contributed by atoms with Crippen molar-refractivity contribution in [3.8, 4) is 5.75 Å². The van der Waals surface area contributed by atoms with Gasteiger partial charge in [0.25, 0.3) is 6.29 Å². The minimum atomic E-state index is -0.712. The summed E-state index contributed by atoms with van der Waals surface area (Å²) in [5.41, 5.74) is 1.13. The molecule has 0 amide bonds. The van der Waals surface area contributed by atoms with Crippen molar-refractivity contribution in [3.63, 3.8) is 0 Å². The maximum atomic E-state index is 11.7. The van der Waals surface area contributed by atoms with Gasteiger partial charge in [0.05, 0.1) is 5.92 Å². The van der Waals surface area contributed by atoms with E-state index >= 15 is 0 Å². The highest BCUT2D eigenvalue weighted by Crippen LogP contribution is 2.31. The van der Waals surface area contributed by atoms with E-state index in [2.05, 4.69) is 0 Å². The summed E-state index contributed by atoms with van der Waals surface area (Å²) in [5.74, 6) is 0.405. The molecule has 0 spiro atoms. The van der Waals surface area contributed by atoms with E-state index in [-0.39, 0.29) is 23.0 Å². The lowest BCUT2D eigenvalue weighted by Crippen LogP contribution is -2.31. The van der Waals surface area contributed by atoms with Gasteiger partial charge in [0.1, 0.15) is 5.75 Å². The summed E-state index contributed by atoms with van der Waals surface area (Å²) < 4.78 is 16.2. The number of aryl methyl sites for hydroxylation is 1. The number of ether oxygens (including phenoxy) is 3. The van der Waals surface area contributed by atoms with Gasteiger partial charge in [0, 0.05) is 18.1 Å². The van der Waals surface area contributed by atoms with E-state index in [0.29, 0.717) is 5.75 Å². The third kappa shape index (κ3) is 5.01. The van der Waals surface area contributed by atoms with Crippen LogP contribution < -0.4 is 4.74 Å². The van der Waals surface area contributed by atoms with Crippen LogP contribution in [0.5, 0.6) is 5.75 Å². The van der Waals surface area contributed by atoms with Crippen LogP contribution >= 0.6 is 12.2 Å². The Kier molecular flexibility index (Phi) is 5.17. The van der Waals surface area contributed by atoms with Gasteiger partial charge in [-0.3, -0.25) is 4.79 Å². The Morgan fingerprint density at radius 3 is 2.33 bits per heavy atom. The zero-order valence-corrected chi connectivity index (χ0v) is 13.3. The van der Waals surface area contributed by atoms with Crippen molar-refractivity contribution in [2.45, 2.75) is 39.9 Å². The third-order valence-electron chi connectivity index (χ3n) is 3.12. The first-order valence-corrected chi connectivity index (χ1v) is 7.52. The van der Waals surface area contributed by atoms with Crippen LogP contribution in [0.15, 0.2) is 24.3 Å². The highest BCUT2D eigenvalue weighted by Gasteiger charge is 2.34. The Labute approximate surface area is 130 Å². The van der Waals surface area contributed by atoms with Crippen molar-refractivity contribution >= 4 is 23.4 Å². The number of carbonyl (C=O) groups is 1. The van der Waals surface area contributed by atoms with Gasteiger partial charge in [-0.05, 0) is 31.9 Å². The first kappa shape index (κ1) is 15.8. The number of esters is 1. The maximum absolute atomic E-state index is 11.7. The fourth-order valence-electron chi connectivity index (χ4n) is 1.65. The largest absolute Gasteiger partial charge is 0.425 e. The molecule has 1 saturated carbocycles. The molecular formula is C16H20O4S. The molecule has 0 N–H and O–H groups in total. The van der Waals surface area contributed by atoms with Crippen LogP contribution in [-0.4, -0.2) is 17.5 Å². The van der Waals surface area contributed by atoms with Crippen LogP contribution in [-0.2, 0) is 14.3 Å². The van der Waals surface area contributed by atoms with Gasteiger partial charge in [0.2, 0.25) is 0 Å². The number of rotatable bonds is 5. The Hall–Kier alpha value is -1.62. The lowest BCUT2D eigenvalue weighted by molar-refractivity contribution is -0.174. The summed E-state index contributed by atoms with van der Waals surface area (Å²) in [4.78, 5) is 11.7. The summed E-state index contributed by atoms with van der Waals surface area (Å²) in [6, 6.07) is 7.47. The molecule has 1 unspecified atom stereocenters. The summed E-state index contributed by atoms with van der Waals surface area (Å²) >= 11 is 5.06. The number of carbonyl (C=O) groups excluding carboxylic acids is 1. The molecule has 21 heavy (non-hydrogen) atoms. The fraction of sp³-hybridized carbons (Fsp3) is 0.500. The average molecular weight is 308 g/mol. The maximum Gasteiger partial charge on any atom is 0.360 e. The molecule has 1 aromatic rings. The Morgan fingerprint density at radius 2 is 1.81 bits per heavy atom. The summed E-state index contributed by atoms with van der Waals surface area (Å²) in [7, 11) is 0. The average Bonchev–Trinajstić information content (AvgIpc) is 3.25. The minimum absolute atomic E-state index is 0.00716. The molecule has 0 bridgehead atoms. The van der Waals surface area contributed by atoms with Crippen LogP contribution in [0.25, 0.3) is 0 Å². The molecule has 0 heterocycles. The molecule has 1 aromatic carbocycles. The lowest BCUT2D eigenvalue weighted by Gasteiger charge is -2.22. The molecule has 0 aromatic heterocycles. The first-order chi connectivity index (χ1) is 9.95. The number of hydrogen-bond donors (Lipinski definition) is 0. The van der Waals surface area contributed by atoms with Gasteiger partial charge in [-0.2, -0.15) is 0 Å². The van der Waals surface area contributed by atoms with Crippen molar-refractivity contribution < 1.29 is 19.0 Å². The van der Waals surface area contributed by atoms with Crippen LogP contribution in [0.2, 0.25) is 0 Å². The quantitative estimate of drug-likeness (QED) is 0.472. The van der Waals surface area contributed by atoms with E-state index < -0.39 is 6.29 Å². The van der Waals surface area contributed by atoms with Gasteiger partial charge < -0.3 is 14.2 Å². The van der Waals surface area contributed by atoms with Gasteiger partial charge >= 0.3 is 11.2 Å². The number of benzene rings is 1. The standard InChI is InChI=1S/C16H20O4S/c1-10(2)15(19-14(17)12-6-7-12)20-16(21)18-13-8-4-11(3)5-9-13/h4-5,8-10,12,15H,6-7H2,1-3H3. The molecule has 5 heteroatoms. The topological polar surface area (TPSA) is 44.8 Å². The van der Waals surface area contributed by atoms with E-state index in [1.165, 1.54) is 0 Å². The molecule has 2 rings (SSSR count). The van der Waals surface area contributed by atoms with Crippen molar-refractivity contribution in [3.05, 3.63) is 29.8 Å². The highest BCUT2D eigenvalue weighted by atomic mass is 32.1. The van der Waals surface area contributed by atoms with E-state index in [1.807, 2.05) is 45.0 Å². The van der Waals surface area contributed by atoms with Crippen molar-refractivity contribution in [2.75, 3.05) is 0 Å². The molecule has 1 fully saturated rings. The first-order valence-electron chi connectivity index (χ1n) is 7.11. The zero-order chi connectivity index (χ0) is 15.4. The van der Waals surface area contributed by atoms with Crippen molar-refractivity contribution in [1.82, 2.24) is 0 Å². The van der Waals surface area contributed by atoms with Gasteiger partial charge in [0.15, 0.2) is 0 Å². The van der Waals surface area contributed by atoms with Crippen LogP contribution in [0.1, 0.15) is 32.3 Å². The van der Waals surface area contributed by atoms with Crippen LogP contribution in [0, 0.1) is 18.8 Å². The van der Waals surface area contributed by atoms with Crippen LogP contribution in [0.3, 0.4) is 0 Å². The molecule has 0 aliphatic heterocycles. The van der Waals surface area contributed by atoms with E-state index in [1.54, 1.807) is 0 Å². The molecule has 1 aliphatic carbocycles. The Morgan fingerprint density at radius 1 is 1.19 bits per heavy atom. The third-order valence-corrected chi connectivity index (χ3v) is 3.30. The zero-order valence-electron chi connectivity index (χ0n) is 12.5. The highest BCUT2D eigenvalue weighted by molar-refractivity contribution is 7.79.